The molecule has 0 amide bonds. The first kappa shape index (κ1) is 14.9. The van der Waals surface area contributed by atoms with Crippen LogP contribution in [0.4, 0.5) is 0 Å². The molecule has 21 heavy (non-hydrogen) atoms. The number of rotatable bonds is 3. The molecule has 1 saturated heterocycles. The van der Waals surface area contributed by atoms with Gasteiger partial charge in [-0.1, -0.05) is 53.5 Å². The minimum absolute atomic E-state index is 0.150. The van der Waals surface area contributed by atoms with Crippen LogP contribution in [0.2, 0.25) is 10.0 Å². The van der Waals surface area contributed by atoms with E-state index >= 15 is 0 Å². The van der Waals surface area contributed by atoms with Crippen molar-refractivity contribution in [2.24, 2.45) is 0 Å². The molecule has 1 atom stereocenters. The van der Waals surface area contributed by atoms with Gasteiger partial charge in [-0.15, -0.1) is 0 Å². The lowest BCUT2D eigenvalue weighted by atomic mass is 10.0. The maximum absolute atomic E-state index is 6.22. The predicted octanol–water partition coefficient (Wildman–Crippen LogP) is 4.25. The molecule has 0 spiro atoms. The first-order valence-electron chi connectivity index (χ1n) is 7.08. The number of benzene rings is 2. The van der Waals surface area contributed by atoms with Crippen molar-refractivity contribution < 1.29 is 4.74 Å². The molecule has 0 saturated carbocycles. The van der Waals surface area contributed by atoms with Crippen LogP contribution in [0.25, 0.3) is 0 Å². The highest BCUT2D eigenvalue weighted by atomic mass is 35.5. The van der Waals surface area contributed by atoms with Crippen molar-refractivity contribution in [2.45, 2.75) is 12.5 Å². The van der Waals surface area contributed by atoms with Gasteiger partial charge in [0, 0.05) is 29.6 Å². The van der Waals surface area contributed by atoms with Crippen LogP contribution >= 0.6 is 23.2 Å². The second-order valence-electron chi connectivity index (χ2n) is 5.18. The van der Waals surface area contributed by atoms with E-state index in [-0.39, 0.29) is 6.10 Å². The van der Waals surface area contributed by atoms with Gasteiger partial charge in [-0.2, -0.15) is 0 Å². The summed E-state index contributed by atoms with van der Waals surface area (Å²) >= 11 is 12.4. The molecule has 2 aromatic carbocycles. The zero-order valence-corrected chi connectivity index (χ0v) is 13.1. The first-order valence-corrected chi connectivity index (χ1v) is 7.83. The molecule has 110 valence electrons. The van der Waals surface area contributed by atoms with Gasteiger partial charge in [0.15, 0.2) is 0 Å². The molecule has 0 aromatic heterocycles. The topological polar surface area (TPSA) is 21.3 Å². The number of morpholine rings is 1. The summed E-state index contributed by atoms with van der Waals surface area (Å²) in [5.74, 6) is 0. The monoisotopic (exact) mass is 321 g/mol. The van der Waals surface area contributed by atoms with Crippen LogP contribution in [0.15, 0.2) is 42.5 Å². The number of ether oxygens (including phenoxy) is 1. The molecule has 4 heteroatoms. The molecular formula is C17H17Cl2NO. The molecule has 2 nitrogen and oxygen atoms in total. The number of halogens is 2. The van der Waals surface area contributed by atoms with Gasteiger partial charge in [0.05, 0.1) is 12.7 Å². The zero-order chi connectivity index (χ0) is 14.7. The molecule has 0 bridgehead atoms. The molecule has 1 aliphatic rings. The summed E-state index contributed by atoms with van der Waals surface area (Å²) < 4.78 is 5.76. The van der Waals surface area contributed by atoms with Crippen molar-refractivity contribution >= 4 is 23.2 Å². The van der Waals surface area contributed by atoms with E-state index in [0.29, 0.717) is 10.0 Å². The van der Waals surface area contributed by atoms with E-state index in [9.17, 15) is 0 Å². The summed E-state index contributed by atoms with van der Waals surface area (Å²) in [7, 11) is 0. The standard InChI is InChI=1S/C17H17Cl2NO/c18-15-2-1-3-16(19)14(15)10-12-4-6-13(7-5-12)17-11-20-8-9-21-17/h1-7,17,20H,8-11H2/t17-/m1/s1. The molecule has 0 radical (unpaired) electrons. The van der Waals surface area contributed by atoms with Gasteiger partial charge in [-0.3, -0.25) is 0 Å². The average Bonchev–Trinajstić information content (AvgIpc) is 2.53. The highest BCUT2D eigenvalue weighted by Gasteiger charge is 2.15. The van der Waals surface area contributed by atoms with Crippen LogP contribution in [-0.4, -0.2) is 19.7 Å². The van der Waals surface area contributed by atoms with Crippen LogP contribution < -0.4 is 5.32 Å². The number of hydrogen-bond donors (Lipinski definition) is 1. The molecule has 0 unspecified atom stereocenters. The third-order valence-corrected chi connectivity index (χ3v) is 4.43. The molecule has 1 aliphatic heterocycles. The van der Waals surface area contributed by atoms with E-state index < -0.39 is 0 Å². The summed E-state index contributed by atoms with van der Waals surface area (Å²) in [6, 6.07) is 14.1. The van der Waals surface area contributed by atoms with E-state index in [1.54, 1.807) is 0 Å². The molecular weight excluding hydrogens is 305 g/mol. The van der Waals surface area contributed by atoms with Gasteiger partial charge in [0.1, 0.15) is 0 Å². The lowest BCUT2D eigenvalue weighted by molar-refractivity contribution is 0.0277. The fourth-order valence-corrected chi connectivity index (χ4v) is 3.07. The lowest BCUT2D eigenvalue weighted by Crippen LogP contribution is -2.33. The molecule has 3 rings (SSSR count). The van der Waals surface area contributed by atoms with Gasteiger partial charge < -0.3 is 10.1 Å². The minimum atomic E-state index is 0.150. The molecule has 1 N–H and O–H groups in total. The van der Waals surface area contributed by atoms with Crippen LogP contribution in [0.5, 0.6) is 0 Å². The third kappa shape index (κ3) is 3.58. The van der Waals surface area contributed by atoms with Crippen LogP contribution in [0, 0.1) is 0 Å². The summed E-state index contributed by atoms with van der Waals surface area (Å²) in [4.78, 5) is 0. The second kappa shape index (κ2) is 6.80. The molecule has 2 aromatic rings. The van der Waals surface area contributed by atoms with Gasteiger partial charge in [-0.25, -0.2) is 0 Å². The summed E-state index contributed by atoms with van der Waals surface area (Å²) in [6.45, 7) is 2.57. The van der Waals surface area contributed by atoms with E-state index in [1.165, 1.54) is 11.1 Å². The Morgan fingerprint density at radius 2 is 1.76 bits per heavy atom. The zero-order valence-electron chi connectivity index (χ0n) is 11.6. The highest BCUT2D eigenvalue weighted by Crippen LogP contribution is 2.27. The van der Waals surface area contributed by atoms with Crippen molar-refractivity contribution in [2.75, 3.05) is 19.7 Å². The third-order valence-electron chi connectivity index (χ3n) is 3.72. The van der Waals surface area contributed by atoms with Gasteiger partial charge in [-0.05, 0) is 28.8 Å². The smallest absolute Gasteiger partial charge is 0.0949 e. The van der Waals surface area contributed by atoms with Crippen molar-refractivity contribution in [1.29, 1.82) is 0 Å². The number of hydrogen-bond acceptors (Lipinski definition) is 2. The summed E-state index contributed by atoms with van der Waals surface area (Å²) in [5, 5.41) is 4.77. The van der Waals surface area contributed by atoms with Crippen LogP contribution in [0.3, 0.4) is 0 Å². The van der Waals surface area contributed by atoms with Gasteiger partial charge in [0.25, 0.3) is 0 Å². The van der Waals surface area contributed by atoms with Gasteiger partial charge in [0.2, 0.25) is 0 Å². The fraction of sp³-hybridized carbons (Fsp3) is 0.294. The summed E-state index contributed by atoms with van der Waals surface area (Å²) in [6.07, 6.45) is 0.888. The molecule has 1 fully saturated rings. The molecule has 0 aliphatic carbocycles. The predicted molar refractivity (Wildman–Crippen MR) is 87.3 cm³/mol. The molecule has 1 heterocycles. The van der Waals surface area contributed by atoms with Crippen molar-refractivity contribution in [3.63, 3.8) is 0 Å². The Balaban J connectivity index is 1.75. The first-order chi connectivity index (χ1) is 10.2. The Hall–Kier alpha value is -1.06. The Morgan fingerprint density at radius 1 is 1.05 bits per heavy atom. The lowest BCUT2D eigenvalue weighted by Gasteiger charge is -2.24. The maximum Gasteiger partial charge on any atom is 0.0949 e. The minimum Gasteiger partial charge on any atom is -0.371 e. The Morgan fingerprint density at radius 3 is 2.38 bits per heavy atom. The summed E-state index contributed by atoms with van der Waals surface area (Å²) in [5.41, 5.74) is 3.37. The van der Waals surface area contributed by atoms with Crippen LogP contribution in [0.1, 0.15) is 22.8 Å². The SMILES string of the molecule is Clc1cccc(Cl)c1Cc1ccc([C@H]2CNCCO2)cc1. The van der Waals surface area contributed by atoms with E-state index in [2.05, 4.69) is 29.6 Å². The van der Waals surface area contributed by atoms with Crippen molar-refractivity contribution in [1.82, 2.24) is 5.32 Å². The Bertz CT molecular complexity index is 586. The van der Waals surface area contributed by atoms with E-state index in [4.69, 9.17) is 27.9 Å². The Kier molecular flexibility index (Phi) is 4.81. The highest BCUT2D eigenvalue weighted by molar-refractivity contribution is 6.36. The van der Waals surface area contributed by atoms with Crippen molar-refractivity contribution in [3.8, 4) is 0 Å². The normalized spacial score (nSPS) is 18.7. The Labute approximate surface area is 135 Å². The van der Waals surface area contributed by atoms with Gasteiger partial charge >= 0.3 is 0 Å². The quantitative estimate of drug-likeness (QED) is 0.912. The average molecular weight is 322 g/mol. The van der Waals surface area contributed by atoms with E-state index in [0.717, 1.165) is 31.7 Å². The van der Waals surface area contributed by atoms with E-state index in [1.807, 2.05) is 18.2 Å². The largest absolute Gasteiger partial charge is 0.371 e. The second-order valence-corrected chi connectivity index (χ2v) is 6.00. The van der Waals surface area contributed by atoms with Crippen molar-refractivity contribution in [3.05, 3.63) is 69.2 Å². The van der Waals surface area contributed by atoms with Crippen LogP contribution in [-0.2, 0) is 11.2 Å². The fourth-order valence-electron chi connectivity index (χ4n) is 2.53. The maximum atomic E-state index is 6.22. The number of nitrogens with one attached hydrogen (secondary N) is 1.